The normalized spacial score (nSPS) is 15.7. The predicted molar refractivity (Wildman–Crippen MR) is 54.9 cm³/mol. The van der Waals surface area contributed by atoms with Crippen LogP contribution in [-0.2, 0) is 0 Å². The lowest BCUT2D eigenvalue weighted by Crippen LogP contribution is -2.11. The molecular weight excluding hydrogens is 192 g/mol. The number of aliphatic imine (C=N–C) groups is 1. The van der Waals surface area contributed by atoms with E-state index in [9.17, 15) is 4.79 Å². The molecule has 2 heterocycles. The number of para-hydroxylation sites is 1. The fraction of sp³-hybridized carbons (Fsp3) is 0. The van der Waals surface area contributed by atoms with Crippen LogP contribution in [0.25, 0.3) is 5.57 Å². The molecule has 1 aromatic rings. The molecule has 1 aromatic carbocycles. The molecule has 0 atom stereocenters. The van der Waals surface area contributed by atoms with Crippen molar-refractivity contribution in [1.29, 1.82) is 0 Å². The van der Waals surface area contributed by atoms with E-state index in [1.807, 2.05) is 6.07 Å². The van der Waals surface area contributed by atoms with Crippen molar-refractivity contribution in [2.24, 2.45) is 21.0 Å². The minimum absolute atomic E-state index is 0.422. The molecule has 0 spiro atoms. The van der Waals surface area contributed by atoms with Crippen LogP contribution in [0.15, 0.2) is 39.6 Å². The fourth-order valence-corrected chi connectivity index (χ4v) is 1.71. The van der Waals surface area contributed by atoms with E-state index in [1.54, 1.807) is 18.3 Å². The monoisotopic (exact) mass is 198 g/mol. The minimum atomic E-state index is -0.478. The molecule has 0 aromatic heterocycles. The Morgan fingerprint density at radius 1 is 1.33 bits per heavy atom. The number of nitrogens with two attached hydrogens (primary N) is 1. The van der Waals surface area contributed by atoms with Gasteiger partial charge in [0.15, 0.2) is 5.84 Å². The van der Waals surface area contributed by atoms with Crippen LogP contribution in [-0.4, -0.2) is 11.7 Å². The van der Waals surface area contributed by atoms with Gasteiger partial charge < -0.3 is 5.73 Å². The van der Waals surface area contributed by atoms with E-state index >= 15 is 0 Å². The molecule has 0 saturated carbocycles. The third kappa shape index (κ3) is 0.969. The number of carbonyl (C=O) groups excluding carboxylic acids is 1. The van der Waals surface area contributed by atoms with Crippen LogP contribution >= 0.6 is 0 Å². The van der Waals surface area contributed by atoms with Crippen LogP contribution in [0.5, 0.6) is 0 Å². The predicted octanol–water partition coefficient (Wildman–Crippen LogP) is 1.64. The van der Waals surface area contributed by atoms with E-state index in [0.29, 0.717) is 17.1 Å². The quantitative estimate of drug-likeness (QED) is 0.731. The molecule has 0 aliphatic carbocycles. The Morgan fingerprint density at radius 3 is 3.00 bits per heavy atom. The Kier molecular flexibility index (Phi) is 1.39. The molecular formula is C10H6N4O. The molecule has 2 aliphatic heterocycles. The number of amidine groups is 1. The molecule has 0 bridgehead atoms. The van der Waals surface area contributed by atoms with Crippen LogP contribution in [0.1, 0.15) is 15.9 Å². The maximum absolute atomic E-state index is 11.2. The summed E-state index contributed by atoms with van der Waals surface area (Å²) < 4.78 is 0. The van der Waals surface area contributed by atoms with Gasteiger partial charge in [0.05, 0.1) is 23.0 Å². The van der Waals surface area contributed by atoms with Crippen LogP contribution in [0.4, 0.5) is 5.69 Å². The molecule has 5 heteroatoms. The summed E-state index contributed by atoms with van der Waals surface area (Å²) in [5.41, 5.74) is 8.00. The number of primary amides is 1. The Balaban J connectivity index is 2.29. The van der Waals surface area contributed by atoms with Crippen molar-refractivity contribution in [2.45, 2.75) is 0 Å². The lowest BCUT2D eigenvalue weighted by atomic mass is 10.0. The fourth-order valence-electron chi connectivity index (χ4n) is 1.71. The summed E-state index contributed by atoms with van der Waals surface area (Å²) in [5, 5.41) is 7.60. The first-order chi connectivity index (χ1) is 7.27. The average Bonchev–Trinajstić information content (AvgIpc) is 2.75. The summed E-state index contributed by atoms with van der Waals surface area (Å²) in [4.78, 5) is 15.4. The average molecular weight is 198 g/mol. The number of hydrogen-bond donors (Lipinski definition) is 1. The highest BCUT2D eigenvalue weighted by Gasteiger charge is 2.26. The summed E-state index contributed by atoms with van der Waals surface area (Å²) in [6.45, 7) is 0. The number of carbonyl (C=O) groups is 1. The van der Waals surface area contributed by atoms with Gasteiger partial charge in [-0.3, -0.25) is 4.79 Å². The largest absolute Gasteiger partial charge is 0.366 e. The highest BCUT2D eigenvalue weighted by atomic mass is 16.1. The summed E-state index contributed by atoms with van der Waals surface area (Å²) in [7, 11) is 0. The molecule has 1 amide bonds. The van der Waals surface area contributed by atoms with Gasteiger partial charge in [-0.1, -0.05) is 12.1 Å². The van der Waals surface area contributed by atoms with E-state index < -0.39 is 5.91 Å². The summed E-state index contributed by atoms with van der Waals surface area (Å²) in [6.07, 6.45) is 1.63. The van der Waals surface area contributed by atoms with E-state index in [0.717, 1.165) is 11.1 Å². The number of rotatable bonds is 1. The molecule has 5 nitrogen and oxygen atoms in total. The van der Waals surface area contributed by atoms with Gasteiger partial charge in [-0.05, 0) is 6.07 Å². The highest BCUT2D eigenvalue weighted by molar-refractivity contribution is 6.30. The Morgan fingerprint density at radius 2 is 2.20 bits per heavy atom. The van der Waals surface area contributed by atoms with Crippen molar-refractivity contribution >= 4 is 23.0 Å². The number of nitrogens with zero attached hydrogens (tertiary/aromatic N) is 3. The Hall–Kier alpha value is -2.30. The van der Waals surface area contributed by atoms with Gasteiger partial charge in [-0.15, -0.1) is 5.11 Å². The first kappa shape index (κ1) is 8.05. The number of amides is 1. The van der Waals surface area contributed by atoms with E-state index in [-0.39, 0.29) is 0 Å². The van der Waals surface area contributed by atoms with Crippen LogP contribution in [0.3, 0.4) is 0 Å². The van der Waals surface area contributed by atoms with E-state index in [4.69, 9.17) is 5.73 Å². The first-order valence-corrected chi connectivity index (χ1v) is 4.40. The van der Waals surface area contributed by atoms with Gasteiger partial charge in [0.2, 0.25) is 0 Å². The standard InChI is InChI=1S/C10H6N4O/c11-9(15)6-3-1-2-5-7-4-12-14-10(7)13-8(5)6/h1-4H,(H2,11,15). The number of hydrogen-bond acceptors (Lipinski definition) is 4. The van der Waals surface area contributed by atoms with Crippen molar-refractivity contribution < 1.29 is 4.79 Å². The van der Waals surface area contributed by atoms with Gasteiger partial charge >= 0.3 is 0 Å². The lowest BCUT2D eigenvalue weighted by molar-refractivity contribution is 0.100. The van der Waals surface area contributed by atoms with Crippen LogP contribution < -0.4 is 5.73 Å². The van der Waals surface area contributed by atoms with Gasteiger partial charge in [-0.2, -0.15) is 5.11 Å². The molecule has 3 rings (SSSR count). The third-order valence-electron chi connectivity index (χ3n) is 2.39. The van der Waals surface area contributed by atoms with Crippen molar-refractivity contribution in [1.82, 2.24) is 0 Å². The minimum Gasteiger partial charge on any atom is -0.366 e. The third-order valence-corrected chi connectivity index (χ3v) is 2.39. The maximum Gasteiger partial charge on any atom is 0.250 e. The second-order valence-corrected chi connectivity index (χ2v) is 3.26. The molecule has 0 radical (unpaired) electrons. The van der Waals surface area contributed by atoms with E-state index in [2.05, 4.69) is 15.2 Å². The summed E-state index contributed by atoms with van der Waals surface area (Å²) >= 11 is 0. The topological polar surface area (TPSA) is 80.2 Å². The second kappa shape index (κ2) is 2.60. The van der Waals surface area contributed by atoms with Crippen molar-refractivity contribution in [3.8, 4) is 0 Å². The summed E-state index contributed by atoms with van der Waals surface area (Å²) in [5.74, 6) is 0.0763. The molecule has 0 unspecified atom stereocenters. The zero-order chi connectivity index (χ0) is 10.4. The zero-order valence-electron chi connectivity index (χ0n) is 7.64. The molecule has 0 fully saturated rings. The first-order valence-electron chi connectivity index (χ1n) is 4.40. The van der Waals surface area contributed by atoms with Crippen molar-refractivity contribution in [3.05, 3.63) is 35.5 Å². The number of azo groups is 1. The number of fused-ring (bicyclic) bond motifs is 3. The SMILES string of the molecule is NC(=O)c1cccc2c1N=C1N=NC=C12. The lowest BCUT2D eigenvalue weighted by Gasteiger charge is -2.01. The summed E-state index contributed by atoms with van der Waals surface area (Å²) in [6, 6.07) is 5.31. The second-order valence-electron chi connectivity index (χ2n) is 3.26. The Labute approximate surface area is 85.0 Å². The van der Waals surface area contributed by atoms with Gasteiger partial charge in [-0.25, -0.2) is 4.99 Å². The smallest absolute Gasteiger partial charge is 0.250 e. The maximum atomic E-state index is 11.2. The van der Waals surface area contributed by atoms with Crippen molar-refractivity contribution in [2.75, 3.05) is 0 Å². The Bertz CT molecular complexity index is 569. The molecule has 72 valence electrons. The molecule has 2 N–H and O–H groups in total. The molecule has 2 aliphatic rings. The van der Waals surface area contributed by atoms with Gasteiger partial charge in [0.25, 0.3) is 5.91 Å². The zero-order valence-corrected chi connectivity index (χ0v) is 7.64. The number of benzene rings is 1. The highest BCUT2D eigenvalue weighted by Crippen LogP contribution is 2.39. The van der Waals surface area contributed by atoms with Gasteiger partial charge in [0.1, 0.15) is 0 Å². The van der Waals surface area contributed by atoms with Gasteiger partial charge in [0, 0.05) is 5.56 Å². The van der Waals surface area contributed by atoms with E-state index in [1.165, 1.54) is 0 Å². The molecule has 0 saturated heterocycles. The van der Waals surface area contributed by atoms with Crippen LogP contribution in [0.2, 0.25) is 0 Å². The van der Waals surface area contributed by atoms with Crippen molar-refractivity contribution in [3.63, 3.8) is 0 Å². The molecule has 15 heavy (non-hydrogen) atoms. The van der Waals surface area contributed by atoms with Crippen LogP contribution in [0, 0.1) is 0 Å².